The van der Waals surface area contributed by atoms with Crippen LogP contribution in [0.25, 0.3) is 10.9 Å². The van der Waals surface area contributed by atoms with E-state index in [1.807, 2.05) is 0 Å². The van der Waals surface area contributed by atoms with Gasteiger partial charge in [0.15, 0.2) is 9.84 Å². The fourth-order valence-corrected chi connectivity index (χ4v) is 6.05. The number of hydrogen-bond donors (Lipinski definition) is 1. The molecule has 1 aromatic carbocycles. The highest BCUT2D eigenvalue weighted by molar-refractivity contribution is 7.92. The number of fused-ring (bicyclic) bond motifs is 1. The van der Waals surface area contributed by atoms with Gasteiger partial charge in [0.25, 0.3) is 0 Å². The van der Waals surface area contributed by atoms with Crippen LogP contribution in [-0.4, -0.2) is 47.7 Å². The molecule has 1 unspecified atom stereocenters. The predicted molar refractivity (Wildman–Crippen MR) is 99.5 cm³/mol. The monoisotopic (exact) mass is 392 g/mol. The number of carbonyl (C=O) groups is 1. The molecule has 0 bridgehead atoms. The van der Waals surface area contributed by atoms with Crippen molar-refractivity contribution in [2.45, 2.75) is 55.2 Å². The Morgan fingerprint density at radius 3 is 2.63 bits per heavy atom. The van der Waals surface area contributed by atoms with E-state index in [2.05, 4.69) is 5.10 Å². The van der Waals surface area contributed by atoms with E-state index in [0.29, 0.717) is 53.8 Å². The minimum absolute atomic E-state index is 0.263. The van der Waals surface area contributed by atoms with Gasteiger partial charge in [-0.15, -0.1) is 0 Å². The van der Waals surface area contributed by atoms with E-state index in [4.69, 9.17) is 4.74 Å². The molecule has 1 aromatic heterocycles. The zero-order chi connectivity index (χ0) is 19.2. The van der Waals surface area contributed by atoms with Crippen LogP contribution in [0.1, 0.15) is 43.7 Å². The minimum atomic E-state index is -3.40. The van der Waals surface area contributed by atoms with Gasteiger partial charge in [0, 0.05) is 18.6 Å². The maximum Gasteiger partial charge on any atom is 0.328 e. The van der Waals surface area contributed by atoms with Gasteiger partial charge in [0.2, 0.25) is 0 Å². The van der Waals surface area contributed by atoms with Crippen LogP contribution in [0.4, 0.5) is 0 Å². The first-order chi connectivity index (χ1) is 12.9. The number of nitrogens with zero attached hydrogens (tertiary/aromatic N) is 2. The van der Waals surface area contributed by atoms with E-state index in [1.165, 1.54) is 10.9 Å². The maximum atomic E-state index is 12.9. The van der Waals surface area contributed by atoms with Crippen LogP contribution in [0.2, 0.25) is 0 Å². The number of benzene rings is 1. The Morgan fingerprint density at radius 1 is 1.30 bits per heavy atom. The molecule has 27 heavy (non-hydrogen) atoms. The fourth-order valence-electron chi connectivity index (χ4n) is 3.98. The predicted octanol–water partition coefficient (Wildman–Crippen LogP) is 2.72. The Balaban J connectivity index is 1.76. The third kappa shape index (κ3) is 3.36. The summed E-state index contributed by atoms with van der Waals surface area (Å²) in [6, 6.07) is 2.72. The van der Waals surface area contributed by atoms with Crippen LogP contribution < -0.4 is 0 Å². The van der Waals surface area contributed by atoms with Crippen molar-refractivity contribution in [2.75, 3.05) is 13.2 Å². The first kappa shape index (κ1) is 18.4. The van der Waals surface area contributed by atoms with Gasteiger partial charge in [0.05, 0.1) is 21.9 Å². The number of aryl methyl sites for hydroxylation is 1. The summed E-state index contributed by atoms with van der Waals surface area (Å²) < 4.78 is 32.6. The van der Waals surface area contributed by atoms with Gasteiger partial charge in [-0.25, -0.2) is 13.2 Å². The summed E-state index contributed by atoms with van der Waals surface area (Å²) >= 11 is 0. The van der Waals surface area contributed by atoms with Crippen LogP contribution >= 0.6 is 0 Å². The van der Waals surface area contributed by atoms with Crippen molar-refractivity contribution in [1.29, 1.82) is 0 Å². The smallest absolute Gasteiger partial charge is 0.328 e. The zero-order valence-electron chi connectivity index (χ0n) is 15.3. The van der Waals surface area contributed by atoms with E-state index in [0.717, 1.165) is 12.8 Å². The van der Waals surface area contributed by atoms with Crippen LogP contribution in [0.5, 0.6) is 0 Å². The zero-order valence-corrected chi connectivity index (χ0v) is 16.1. The molecule has 2 aromatic rings. The normalized spacial score (nSPS) is 20.0. The number of aliphatic carboxylic acids is 1. The standard InChI is InChI=1S/C19H24N2O5S/c1-12-2-5-16-15(18(12)27(24,25)14-3-4-14)11-20-21(16)17(19(22)23)10-13-6-8-26-9-7-13/h2,5,11,13-14,17H,3-4,6-10H2,1H3,(H,22,23). The van der Waals surface area contributed by atoms with Crippen LogP contribution in [0.15, 0.2) is 23.2 Å². The molecule has 7 nitrogen and oxygen atoms in total. The number of ether oxygens (including phenoxy) is 1. The molecule has 2 aliphatic rings. The number of carboxylic acids is 1. The summed E-state index contributed by atoms with van der Waals surface area (Å²) in [6.45, 7) is 3.09. The molecule has 4 rings (SSSR count). The molecule has 0 radical (unpaired) electrons. The fraction of sp³-hybridized carbons (Fsp3) is 0.579. The van der Waals surface area contributed by atoms with E-state index in [1.54, 1.807) is 19.1 Å². The molecule has 1 saturated carbocycles. The molecular formula is C19H24N2O5S. The Labute approximate surface area is 158 Å². The van der Waals surface area contributed by atoms with E-state index >= 15 is 0 Å². The molecule has 0 spiro atoms. The Bertz CT molecular complexity index is 971. The van der Waals surface area contributed by atoms with Gasteiger partial charge in [0.1, 0.15) is 6.04 Å². The number of hydrogen-bond acceptors (Lipinski definition) is 5. The number of carboxylic acid groups (broad SMARTS) is 1. The van der Waals surface area contributed by atoms with Crippen LogP contribution in [0, 0.1) is 12.8 Å². The minimum Gasteiger partial charge on any atom is -0.480 e. The average Bonchev–Trinajstić information content (AvgIpc) is 3.42. The molecule has 2 fully saturated rings. The first-order valence-corrected chi connectivity index (χ1v) is 11.0. The van der Waals surface area contributed by atoms with E-state index < -0.39 is 21.8 Å². The largest absolute Gasteiger partial charge is 0.480 e. The maximum absolute atomic E-state index is 12.9. The van der Waals surface area contributed by atoms with Gasteiger partial charge in [-0.3, -0.25) is 4.68 Å². The van der Waals surface area contributed by atoms with E-state index in [-0.39, 0.29) is 11.2 Å². The summed E-state index contributed by atoms with van der Waals surface area (Å²) in [6.07, 6.45) is 5.03. The number of aromatic nitrogens is 2. The second-order valence-electron chi connectivity index (χ2n) is 7.62. The lowest BCUT2D eigenvalue weighted by Crippen LogP contribution is -2.26. The molecule has 1 saturated heterocycles. The lowest BCUT2D eigenvalue weighted by atomic mass is 9.92. The summed E-state index contributed by atoms with van der Waals surface area (Å²) in [5.41, 5.74) is 1.25. The van der Waals surface area contributed by atoms with E-state index in [9.17, 15) is 18.3 Å². The second-order valence-corrected chi connectivity index (χ2v) is 9.79. The molecular weight excluding hydrogens is 368 g/mol. The highest BCUT2D eigenvalue weighted by Gasteiger charge is 2.39. The highest BCUT2D eigenvalue weighted by atomic mass is 32.2. The summed E-state index contributed by atoms with van der Waals surface area (Å²) in [5, 5.41) is 14.3. The highest BCUT2D eigenvalue weighted by Crippen LogP contribution is 2.39. The van der Waals surface area contributed by atoms with Crippen molar-refractivity contribution >= 4 is 26.7 Å². The van der Waals surface area contributed by atoms with Crippen LogP contribution in [0.3, 0.4) is 0 Å². The lowest BCUT2D eigenvalue weighted by Gasteiger charge is -2.25. The van der Waals surface area contributed by atoms with Gasteiger partial charge < -0.3 is 9.84 Å². The third-order valence-electron chi connectivity index (χ3n) is 5.65. The van der Waals surface area contributed by atoms with Gasteiger partial charge in [-0.2, -0.15) is 5.10 Å². The van der Waals surface area contributed by atoms with Crippen molar-refractivity contribution in [1.82, 2.24) is 9.78 Å². The van der Waals surface area contributed by atoms with Crippen molar-refractivity contribution < 1.29 is 23.1 Å². The van der Waals surface area contributed by atoms with Crippen LogP contribution in [-0.2, 0) is 19.4 Å². The Kier molecular flexibility index (Phi) is 4.71. The average molecular weight is 392 g/mol. The summed E-state index contributed by atoms with van der Waals surface area (Å²) in [4.78, 5) is 12.3. The quantitative estimate of drug-likeness (QED) is 0.812. The van der Waals surface area contributed by atoms with Gasteiger partial charge in [-0.05, 0) is 56.6 Å². The Hall–Kier alpha value is -1.93. The topological polar surface area (TPSA) is 98.5 Å². The van der Waals surface area contributed by atoms with Gasteiger partial charge in [-0.1, -0.05) is 6.07 Å². The van der Waals surface area contributed by atoms with Gasteiger partial charge >= 0.3 is 5.97 Å². The molecule has 1 aliphatic carbocycles. The molecule has 1 aliphatic heterocycles. The summed E-state index contributed by atoms with van der Waals surface area (Å²) in [5.74, 6) is -0.683. The SMILES string of the molecule is Cc1ccc2c(cnn2C(CC2CCOCC2)C(=O)O)c1S(=O)(=O)C1CC1. The van der Waals surface area contributed by atoms with Crippen molar-refractivity contribution in [2.24, 2.45) is 5.92 Å². The molecule has 146 valence electrons. The lowest BCUT2D eigenvalue weighted by molar-refractivity contribution is -0.142. The molecule has 1 atom stereocenters. The second kappa shape index (κ2) is 6.91. The molecule has 2 heterocycles. The van der Waals surface area contributed by atoms with Crippen molar-refractivity contribution in [3.05, 3.63) is 23.9 Å². The molecule has 1 N–H and O–H groups in total. The summed E-state index contributed by atoms with van der Waals surface area (Å²) in [7, 11) is -3.40. The molecule has 8 heteroatoms. The van der Waals surface area contributed by atoms with Crippen molar-refractivity contribution in [3.8, 4) is 0 Å². The van der Waals surface area contributed by atoms with Crippen molar-refractivity contribution in [3.63, 3.8) is 0 Å². The first-order valence-electron chi connectivity index (χ1n) is 9.41. The Morgan fingerprint density at radius 2 is 2.00 bits per heavy atom. The number of sulfone groups is 1. The number of rotatable bonds is 6. The third-order valence-corrected chi connectivity index (χ3v) is 8.11. The molecule has 0 amide bonds.